The Hall–Kier alpha value is -0.750. The highest BCUT2D eigenvalue weighted by Crippen LogP contribution is 2.08. The van der Waals surface area contributed by atoms with E-state index >= 15 is 0 Å². The first-order valence-corrected chi connectivity index (χ1v) is 6.34. The molecule has 0 unspecified atom stereocenters. The van der Waals surface area contributed by atoms with E-state index in [2.05, 4.69) is 10.6 Å². The van der Waals surface area contributed by atoms with Crippen LogP contribution < -0.4 is 16.4 Å². The van der Waals surface area contributed by atoms with Gasteiger partial charge in [0.15, 0.2) is 0 Å². The van der Waals surface area contributed by atoms with Gasteiger partial charge in [0.25, 0.3) is 0 Å². The molecule has 0 aromatic heterocycles. The summed E-state index contributed by atoms with van der Waals surface area (Å²) >= 11 is 1.51. The number of hydrogen-bond donors (Lipinski definition) is 3. The SMILES string of the molecule is CC(=O)NCCNC(=O)CSCC(C)(C)N. The van der Waals surface area contributed by atoms with Crippen LogP contribution in [0.2, 0.25) is 0 Å². The molecule has 0 atom stereocenters. The third-order valence-electron chi connectivity index (χ3n) is 1.53. The van der Waals surface area contributed by atoms with Gasteiger partial charge in [-0.05, 0) is 13.8 Å². The molecule has 0 saturated carbocycles. The molecule has 0 aliphatic carbocycles. The van der Waals surface area contributed by atoms with Crippen LogP contribution in [0.1, 0.15) is 20.8 Å². The lowest BCUT2D eigenvalue weighted by atomic mass is 10.1. The third-order valence-corrected chi connectivity index (χ3v) is 2.94. The zero-order valence-corrected chi connectivity index (χ0v) is 10.9. The van der Waals surface area contributed by atoms with E-state index in [1.54, 1.807) is 0 Å². The molecule has 0 rings (SSSR count). The first kappa shape index (κ1) is 15.2. The highest BCUT2D eigenvalue weighted by molar-refractivity contribution is 8.00. The van der Waals surface area contributed by atoms with Crippen LogP contribution in [0.15, 0.2) is 0 Å². The topological polar surface area (TPSA) is 84.2 Å². The Morgan fingerprint density at radius 3 is 2.31 bits per heavy atom. The molecule has 0 aliphatic heterocycles. The molecular formula is C10H21N3O2S. The van der Waals surface area contributed by atoms with Crippen molar-refractivity contribution in [3.63, 3.8) is 0 Å². The Morgan fingerprint density at radius 2 is 1.81 bits per heavy atom. The van der Waals surface area contributed by atoms with Gasteiger partial charge in [-0.25, -0.2) is 0 Å². The molecule has 0 aromatic carbocycles. The van der Waals surface area contributed by atoms with Crippen molar-refractivity contribution in [2.45, 2.75) is 26.3 Å². The molecular weight excluding hydrogens is 226 g/mol. The van der Waals surface area contributed by atoms with Crippen LogP contribution >= 0.6 is 11.8 Å². The Morgan fingerprint density at radius 1 is 1.25 bits per heavy atom. The number of nitrogens with one attached hydrogen (secondary N) is 2. The van der Waals surface area contributed by atoms with Gasteiger partial charge in [-0.3, -0.25) is 9.59 Å². The van der Waals surface area contributed by atoms with Crippen molar-refractivity contribution in [2.24, 2.45) is 5.73 Å². The van der Waals surface area contributed by atoms with Gasteiger partial charge in [0.05, 0.1) is 5.75 Å². The Kier molecular flexibility index (Phi) is 7.16. The minimum Gasteiger partial charge on any atom is -0.355 e. The minimum atomic E-state index is -0.249. The number of carbonyl (C=O) groups is 2. The largest absolute Gasteiger partial charge is 0.355 e. The number of amides is 2. The zero-order valence-electron chi connectivity index (χ0n) is 10.1. The van der Waals surface area contributed by atoms with Crippen molar-refractivity contribution < 1.29 is 9.59 Å². The highest BCUT2D eigenvalue weighted by Gasteiger charge is 2.11. The molecule has 0 aromatic rings. The second-order valence-electron chi connectivity index (χ2n) is 4.31. The smallest absolute Gasteiger partial charge is 0.230 e. The number of rotatable bonds is 7. The summed E-state index contributed by atoms with van der Waals surface area (Å²) in [4.78, 5) is 21.8. The van der Waals surface area contributed by atoms with Gasteiger partial charge in [0, 0.05) is 31.3 Å². The third kappa shape index (κ3) is 11.3. The predicted molar refractivity (Wildman–Crippen MR) is 67.3 cm³/mol. The van der Waals surface area contributed by atoms with Crippen molar-refractivity contribution in [3.8, 4) is 0 Å². The van der Waals surface area contributed by atoms with Crippen molar-refractivity contribution >= 4 is 23.6 Å². The van der Waals surface area contributed by atoms with E-state index < -0.39 is 0 Å². The summed E-state index contributed by atoms with van der Waals surface area (Å²) in [6.07, 6.45) is 0. The van der Waals surface area contributed by atoms with Crippen molar-refractivity contribution in [2.75, 3.05) is 24.6 Å². The van der Waals surface area contributed by atoms with Gasteiger partial charge in [0.2, 0.25) is 11.8 Å². The van der Waals surface area contributed by atoms with Gasteiger partial charge in [-0.1, -0.05) is 0 Å². The number of thioether (sulfide) groups is 1. The molecule has 6 heteroatoms. The predicted octanol–water partition coefficient (Wildman–Crippen LogP) is -0.291. The fourth-order valence-corrected chi connectivity index (χ4v) is 1.81. The summed E-state index contributed by atoms with van der Waals surface area (Å²) in [6, 6.07) is 0. The second-order valence-corrected chi connectivity index (χ2v) is 5.30. The fourth-order valence-electron chi connectivity index (χ4n) is 0.898. The second kappa shape index (κ2) is 7.51. The molecule has 5 nitrogen and oxygen atoms in total. The lowest BCUT2D eigenvalue weighted by molar-refractivity contribution is -0.120. The van der Waals surface area contributed by atoms with Crippen LogP contribution in [0.3, 0.4) is 0 Å². The van der Waals surface area contributed by atoms with Crippen LogP contribution in [-0.4, -0.2) is 41.9 Å². The van der Waals surface area contributed by atoms with Crippen LogP contribution in [0.4, 0.5) is 0 Å². The van der Waals surface area contributed by atoms with E-state index in [-0.39, 0.29) is 17.4 Å². The lowest BCUT2D eigenvalue weighted by Gasteiger charge is -2.17. The standard InChI is InChI=1S/C10H21N3O2S/c1-8(14)12-4-5-13-9(15)6-16-7-10(2,3)11/h4-7,11H2,1-3H3,(H,12,14)(H,13,15). The number of nitrogens with two attached hydrogens (primary N) is 1. The van der Waals surface area contributed by atoms with Gasteiger partial charge in [-0.15, -0.1) is 0 Å². The van der Waals surface area contributed by atoms with E-state index in [4.69, 9.17) is 5.73 Å². The average molecular weight is 247 g/mol. The van der Waals surface area contributed by atoms with Crippen LogP contribution in [0, 0.1) is 0 Å². The maximum absolute atomic E-state index is 11.3. The normalized spacial score (nSPS) is 11.0. The van der Waals surface area contributed by atoms with E-state index in [9.17, 15) is 9.59 Å². The quantitative estimate of drug-likeness (QED) is 0.540. The molecule has 94 valence electrons. The van der Waals surface area contributed by atoms with Crippen LogP contribution in [-0.2, 0) is 9.59 Å². The maximum Gasteiger partial charge on any atom is 0.230 e. The number of carbonyl (C=O) groups excluding carboxylic acids is 2. The summed E-state index contributed by atoms with van der Waals surface area (Å²) in [5, 5.41) is 5.31. The van der Waals surface area contributed by atoms with Crippen LogP contribution in [0.5, 0.6) is 0 Å². The Labute approximate surface area is 101 Å². The average Bonchev–Trinajstić information content (AvgIpc) is 2.10. The van der Waals surface area contributed by atoms with Gasteiger partial charge in [-0.2, -0.15) is 11.8 Å². The zero-order chi connectivity index (χ0) is 12.6. The molecule has 0 spiro atoms. The molecule has 16 heavy (non-hydrogen) atoms. The first-order chi connectivity index (χ1) is 7.31. The lowest BCUT2D eigenvalue weighted by Crippen LogP contribution is -2.37. The molecule has 0 heterocycles. The van der Waals surface area contributed by atoms with E-state index in [1.807, 2.05) is 13.8 Å². The fraction of sp³-hybridized carbons (Fsp3) is 0.800. The van der Waals surface area contributed by atoms with E-state index in [0.29, 0.717) is 18.8 Å². The summed E-state index contributed by atoms with van der Waals surface area (Å²) in [6.45, 7) is 6.23. The molecule has 2 amide bonds. The molecule has 0 aliphatic rings. The molecule has 4 N–H and O–H groups in total. The van der Waals surface area contributed by atoms with Crippen molar-refractivity contribution in [1.82, 2.24) is 10.6 Å². The first-order valence-electron chi connectivity index (χ1n) is 5.19. The van der Waals surface area contributed by atoms with Crippen molar-refractivity contribution in [3.05, 3.63) is 0 Å². The van der Waals surface area contributed by atoms with Gasteiger partial charge < -0.3 is 16.4 Å². The van der Waals surface area contributed by atoms with Gasteiger partial charge in [0.1, 0.15) is 0 Å². The maximum atomic E-state index is 11.3. The Bertz CT molecular complexity index is 239. The van der Waals surface area contributed by atoms with E-state index in [0.717, 1.165) is 5.75 Å². The molecule has 0 radical (unpaired) electrons. The van der Waals surface area contributed by atoms with Crippen LogP contribution in [0.25, 0.3) is 0 Å². The summed E-state index contributed by atoms with van der Waals surface area (Å²) in [5.41, 5.74) is 5.53. The van der Waals surface area contributed by atoms with Crippen molar-refractivity contribution in [1.29, 1.82) is 0 Å². The summed E-state index contributed by atoms with van der Waals surface area (Å²) < 4.78 is 0. The Balaban J connectivity index is 3.42. The summed E-state index contributed by atoms with van der Waals surface area (Å²) in [5.74, 6) is 1.03. The molecule has 0 fully saturated rings. The molecule has 0 saturated heterocycles. The van der Waals surface area contributed by atoms with Gasteiger partial charge >= 0.3 is 0 Å². The summed E-state index contributed by atoms with van der Waals surface area (Å²) in [7, 11) is 0. The monoisotopic (exact) mass is 247 g/mol. The molecule has 0 bridgehead atoms. The highest BCUT2D eigenvalue weighted by atomic mass is 32.2. The van der Waals surface area contributed by atoms with E-state index in [1.165, 1.54) is 18.7 Å². The minimum absolute atomic E-state index is 0.0281. The number of hydrogen-bond acceptors (Lipinski definition) is 4.